The molecule has 0 fully saturated rings. The van der Waals surface area contributed by atoms with E-state index in [1.54, 1.807) is 23.6 Å². The molecule has 126 valence electrons. The lowest BCUT2D eigenvalue weighted by Crippen LogP contribution is -2.37. The van der Waals surface area contributed by atoms with E-state index >= 15 is 0 Å². The number of nitrogens with one attached hydrogen (secondary N) is 1. The molecule has 0 spiro atoms. The zero-order valence-electron chi connectivity index (χ0n) is 13.4. The number of hydrogen-bond acceptors (Lipinski definition) is 6. The fraction of sp³-hybridized carbons (Fsp3) is 0.400. The van der Waals surface area contributed by atoms with E-state index in [9.17, 15) is 14.4 Å². The first-order valence-corrected chi connectivity index (χ1v) is 7.58. The van der Waals surface area contributed by atoms with Gasteiger partial charge >= 0.3 is 5.97 Å². The van der Waals surface area contributed by atoms with Crippen molar-refractivity contribution in [3.05, 3.63) is 45.1 Å². The van der Waals surface area contributed by atoms with Crippen molar-refractivity contribution in [1.29, 1.82) is 0 Å². The van der Waals surface area contributed by atoms with E-state index < -0.39 is 5.97 Å². The first kappa shape index (κ1) is 15.9. The van der Waals surface area contributed by atoms with Crippen LogP contribution in [0.2, 0.25) is 0 Å². The van der Waals surface area contributed by atoms with Gasteiger partial charge in [-0.25, -0.2) is 9.89 Å². The summed E-state index contributed by atoms with van der Waals surface area (Å²) in [5.41, 5.74) is 1.63. The second-order valence-electron chi connectivity index (χ2n) is 5.40. The van der Waals surface area contributed by atoms with Crippen LogP contribution in [0.5, 0.6) is 0 Å². The fourth-order valence-corrected chi connectivity index (χ4v) is 2.75. The summed E-state index contributed by atoms with van der Waals surface area (Å²) in [6, 6.07) is 2.63. The molecule has 0 saturated carbocycles. The van der Waals surface area contributed by atoms with Crippen LogP contribution in [-0.4, -0.2) is 49.9 Å². The van der Waals surface area contributed by atoms with Gasteiger partial charge in [-0.3, -0.25) is 14.3 Å². The fourth-order valence-electron chi connectivity index (χ4n) is 2.75. The Morgan fingerprint density at radius 1 is 1.38 bits per heavy atom. The lowest BCUT2D eigenvalue weighted by molar-refractivity contribution is 0.0513. The molecule has 0 unspecified atom stereocenters. The molecule has 0 aliphatic carbocycles. The van der Waals surface area contributed by atoms with Crippen LogP contribution in [0.25, 0.3) is 0 Å². The van der Waals surface area contributed by atoms with Crippen molar-refractivity contribution in [2.45, 2.75) is 19.9 Å². The summed E-state index contributed by atoms with van der Waals surface area (Å²) in [7, 11) is 1.77. The number of aromatic nitrogens is 4. The van der Waals surface area contributed by atoms with E-state index in [1.165, 1.54) is 12.1 Å². The first-order chi connectivity index (χ1) is 11.5. The maximum atomic E-state index is 12.5. The highest BCUT2D eigenvalue weighted by molar-refractivity contribution is 5.93. The number of carbonyl (C=O) groups is 2. The molecule has 2 aromatic heterocycles. The van der Waals surface area contributed by atoms with Crippen molar-refractivity contribution in [3.8, 4) is 0 Å². The van der Waals surface area contributed by atoms with Crippen molar-refractivity contribution in [2.24, 2.45) is 7.05 Å². The van der Waals surface area contributed by atoms with Crippen LogP contribution < -0.4 is 5.56 Å². The minimum Gasteiger partial charge on any atom is -0.461 e. The van der Waals surface area contributed by atoms with Crippen molar-refractivity contribution >= 4 is 11.9 Å². The molecule has 1 amide bonds. The number of aromatic amines is 1. The van der Waals surface area contributed by atoms with Gasteiger partial charge in [0, 0.05) is 37.3 Å². The average molecular weight is 331 g/mol. The van der Waals surface area contributed by atoms with E-state index in [1.807, 2.05) is 0 Å². The summed E-state index contributed by atoms with van der Waals surface area (Å²) < 4.78 is 6.69. The van der Waals surface area contributed by atoms with Gasteiger partial charge < -0.3 is 9.64 Å². The molecule has 9 heteroatoms. The molecule has 1 N–H and O–H groups in total. The standard InChI is InChI=1S/C15H17N5O4/c1-3-24-15(23)13-9-8-20(7-6-11(9)19(2)18-13)14(22)10-4-5-12(21)17-16-10/h4-5H,3,6-8H2,1-2H3,(H,17,21). The summed E-state index contributed by atoms with van der Waals surface area (Å²) in [5.74, 6) is -0.804. The molecule has 3 heterocycles. The number of esters is 1. The van der Waals surface area contributed by atoms with Crippen LogP contribution in [0.4, 0.5) is 0 Å². The maximum Gasteiger partial charge on any atom is 0.359 e. The lowest BCUT2D eigenvalue weighted by atomic mass is 10.0. The van der Waals surface area contributed by atoms with Crippen molar-refractivity contribution < 1.29 is 14.3 Å². The number of rotatable bonds is 3. The summed E-state index contributed by atoms with van der Waals surface area (Å²) >= 11 is 0. The quantitative estimate of drug-likeness (QED) is 0.785. The number of hydrogen-bond donors (Lipinski definition) is 1. The Balaban J connectivity index is 1.88. The number of ether oxygens (including phenoxy) is 1. The van der Waals surface area contributed by atoms with Crippen molar-refractivity contribution in [2.75, 3.05) is 13.2 Å². The van der Waals surface area contributed by atoms with Crippen LogP contribution in [0, 0.1) is 0 Å². The van der Waals surface area contributed by atoms with Gasteiger partial charge in [0.05, 0.1) is 13.2 Å². The Labute approximate surface area is 137 Å². The first-order valence-electron chi connectivity index (χ1n) is 7.58. The van der Waals surface area contributed by atoms with Gasteiger partial charge in [-0.05, 0) is 13.0 Å². The van der Waals surface area contributed by atoms with E-state index in [0.717, 1.165) is 5.69 Å². The van der Waals surface area contributed by atoms with Crippen LogP contribution >= 0.6 is 0 Å². The predicted molar refractivity (Wildman–Crippen MR) is 82.5 cm³/mol. The molecular formula is C15H17N5O4. The Morgan fingerprint density at radius 3 is 2.83 bits per heavy atom. The number of aryl methyl sites for hydroxylation is 1. The number of carbonyl (C=O) groups excluding carboxylic acids is 2. The molecule has 0 radical (unpaired) electrons. The van der Waals surface area contributed by atoms with E-state index in [2.05, 4.69) is 15.3 Å². The Hall–Kier alpha value is -2.97. The third kappa shape index (κ3) is 2.80. The number of amides is 1. The van der Waals surface area contributed by atoms with E-state index in [-0.39, 0.29) is 36.0 Å². The lowest BCUT2D eigenvalue weighted by Gasteiger charge is -2.27. The van der Waals surface area contributed by atoms with Crippen LogP contribution in [0.3, 0.4) is 0 Å². The monoisotopic (exact) mass is 331 g/mol. The summed E-state index contributed by atoms with van der Waals surface area (Å²) in [6.45, 7) is 2.71. The average Bonchev–Trinajstić information content (AvgIpc) is 2.92. The number of nitrogens with zero attached hydrogens (tertiary/aromatic N) is 4. The molecule has 1 aliphatic heterocycles. The Bertz CT molecular complexity index is 834. The minimum atomic E-state index is -0.495. The van der Waals surface area contributed by atoms with Gasteiger partial charge in [0.2, 0.25) is 0 Å². The Kier molecular flexibility index (Phi) is 4.15. The highest BCUT2D eigenvalue weighted by Crippen LogP contribution is 2.23. The van der Waals surface area contributed by atoms with Gasteiger partial charge in [-0.2, -0.15) is 10.2 Å². The van der Waals surface area contributed by atoms with Crippen LogP contribution in [0.1, 0.15) is 39.2 Å². The molecule has 0 saturated heterocycles. The third-order valence-corrected chi connectivity index (χ3v) is 3.90. The normalized spacial score (nSPS) is 13.5. The maximum absolute atomic E-state index is 12.5. The predicted octanol–water partition coefficient (Wildman–Crippen LogP) is -0.121. The van der Waals surface area contributed by atoms with Crippen molar-refractivity contribution in [3.63, 3.8) is 0 Å². The Morgan fingerprint density at radius 2 is 2.17 bits per heavy atom. The highest BCUT2D eigenvalue weighted by Gasteiger charge is 2.30. The zero-order valence-corrected chi connectivity index (χ0v) is 13.4. The van der Waals surface area contributed by atoms with E-state index in [4.69, 9.17) is 4.74 Å². The number of fused-ring (bicyclic) bond motifs is 1. The second kappa shape index (κ2) is 6.26. The smallest absolute Gasteiger partial charge is 0.359 e. The topological polar surface area (TPSA) is 110 Å². The van der Waals surface area contributed by atoms with Gasteiger partial charge in [0.25, 0.3) is 11.5 Å². The number of H-pyrrole nitrogens is 1. The van der Waals surface area contributed by atoms with Gasteiger partial charge in [0.1, 0.15) is 5.69 Å². The molecular weight excluding hydrogens is 314 g/mol. The van der Waals surface area contributed by atoms with E-state index in [0.29, 0.717) is 18.5 Å². The van der Waals surface area contributed by atoms with Gasteiger partial charge in [0.15, 0.2) is 5.69 Å². The summed E-state index contributed by atoms with van der Waals surface area (Å²) in [4.78, 5) is 37.2. The molecule has 0 aromatic carbocycles. The minimum absolute atomic E-state index is 0.152. The van der Waals surface area contributed by atoms with Gasteiger partial charge in [-0.15, -0.1) is 0 Å². The molecule has 3 rings (SSSR count). The second-order valence-corrected chi connectivity index (χ2v) is 5.40. The molecule has 1 aliphatic rings. The molecule has 0 bridgehead atoms. The SMILES string of the molecule is CCOC(=O)c1nn(C)c2c1CN(C(=O)c1ccc(=O)[nH]n1)CC2. The zero-order chi connectivity index (χ0) is 17.3. The summed E-state index contributed by atoms with van der Waals surface area (Å²) in [6.07, 6.45) is 0.577. The highest BCUT2D eigenvalue weighted by atomic mass is 16.5. The largest absolute Gasteiger partial charge is 0.461 e. The van der Waals surface area contributed by atoms with Crippen molar-refractivity contribution in [1.82, 2.24) is 24.9 Å². The summed E-state index contributed by atoms with van der Waals surface area (Å²) in [5, 5.41) is 10.2. The molecule has 0 atom stereocenters. The molecule has 2 aromatic rings. The van der Waals surface area contributed by atoms with Crippen LogP contribution in [-0.2, 0) is 24.8 Å². The van der Waals surface area contributed by atoms with Gasteiger partial charge in [-0.1, -0.05) is 0 Å². The van der Waals surface area contributed by atoms with Crippen LogP contribution in [0.15, 0.2) is 16.9 Å². The molecule has 9 nitrogen and oxygen atoms in total. The molecule has 24 heavy (non-hydrogen) atoms. The third-order valence-electron chi connectivity index (χ3n) is 3.90.